The van der Waals surface area contributed by atoms with E-state index in [1.165, 1.54) is 6.08 Å². The molecule has 2 aromatic rings. The SMILES string of the molecule is C=C[C@@H](O)c1onc(OCc2ccccc2)c1I. The van der Waals surface area contributed by atoms with Crippen molar-refractivity contribution in [1.29, 1.82) is 0 Å². The van der Waals surface area contributed by atoms with E-state index in [1.54, 1.807) is 0 Å². The number of nitrogens with zero attached hydrogens (tertiary/aromatic N) is 1. The van der Waals surface area contributed by atoms with Gasteiger partial charge in [0.25, 0.3) is 5.88 Å². The first-order valence-corrected chi connectivity index (χ1v) is 6.42. The molecule has 0 amide bonds. The summed E-state index contributed by atoms with van der Waals surface area (Å²) in [5.74, 6) is 0.740. The Kier molecular flexibility index (Phi) is 4.38. The van der Waals surface area contributed by atoms with E-state index in [4.69, 9.17) is 9.26 Å². The molecule has 5 heteroatoms. The zero-order chi connectivity index (χ0) is 13.0. The number of aliphatic hydroxyl groups is 1. The Bertz CT molecular complexity index is 524. The molecular formula is C13H12INO3. The van der Waals surface area contributed by atoms with E-state index in [0.717, 1.165) is 5.56 Å². The van der Waals surface area contributed by atoms with Crippen LogP contribution in [0.5, 0.6) is 5.88 Å². The number of hydrogen-bond acceptors (Lipinski definition) is 4. The van der Waals surface area contributed by atoms with Crippen molar-refractivity contribution >= 4 is 22.6 Å². The minimum absolute atomic E-state index is 0.355. The number of ether oxygens (including phenoxy) is 1. The Labute approximate surface area is 118 Å². The number of halogens is 1. The molecule has 1 aromatic heterocycles. The van der Waals surface area contributed by atoms with Gasteiger partial charge in [0.15, 0.2) is 5.76 Å². The average molecular weight is 357 g/mol. The van der Waals surface area contributed by atoms with Crippen molar-refractivity contribution in [1.82, 2.24) is 5.16 Å². The molecule has 2 rings (SSSR count). The van der Waals surface area contributed by atoms with E-state index in [1.807, 2.05) is 52.9 Å². The second-order valence-corrected chi connectivity index (χ2v) is 4.70. The summed E-state index contributed by atoms with van der Waals surface area (Å²) in [4.78, 5) is 0. The molecule has 0 aliphatic heterocycles. The molecule has 0 spiro atoms. The molecule has 18 heavy (non-hydrogen) atoms. The lowest BCUT2D eigenvalue weighted by Crippen LogP contribution is -1.97. The number of hydrogen-bond donors (Lipinski definition) is 1. The summed E-state index contributed by atoms with van der Waals surface area (Å²) in [6.07, 6.45) is 0.516. The van der Waals surface area contributed by atoms with Gasteiger partial charge in [0, 0.05) is 0 Å². The van der Waals surface area contributed by atoms with Crippen LogP contribution in [0.4, 0.5) is 0 Å². The summed E-state index contributed by atoms with van der Waals surface area (Å²) in [5, 5.41) is 13.4. The fourth-order valence-corrected chi connectivity index (χ4v) is 2.05. The van der Waals surface area contributed by atoms with Crippen molar-refractivity contribution < 1.29 is 14.4 Å². The van der Waals surface area contributed by atoms with Crippen LogP contribution in [0.25, 0.3) is 0 Å². The van der Waals surface area contributed by atoms with Gasteiger partial charge in [-0.05, 0) is 33.3 Å². The quantitative estimate of drug-likeness (QED) is 0.660. The van der Waals surface area contributed by atoms with E-state index in [2.05, 4.69) is 11.7 Å². The predicted molar refractivity (Wildman–Crippen MR) is 75.2 cm³/mol. The zero-order valence-corrected chi connectivity index (χ0v) is 11.7. The summed E-state index contributed by atoms with van der Waals surface area (Å²) in [6, 6.07) is 9.76. The van der Waals surface area contributed by atoms with Crippen LogP contribution in [0.2, 0.25) is 0 Å². The molecule has 0 fully saturated rings. The van der Waals surface area contributed by atoms with Gasteiger partial charge in [0.1, 0.15) is 16.3 Å². The topological polar surface area (TPSA) is 55.5 Å². The van der Waals surface area contributed by atoms with Crippen LogP contribution in [0.1, 0.15) is 17.4 Å². The van der Waals surface area contributed by atoms with Gasteiger partial charge in [-0.25, -0.2) is 0 Å². The van der Waals surface area contributed by atoms with Crippen molar-refractivity contribution in [3.63, 3.8) is 0 Å². The first-order chi connectivity index (χ1) is 8.72. The van der Waals surface area contributed by atoms with Gasteiger partial charge in [-0.15, -0.1) is 6.58 Å². The van der Waals surface area contributed by atoms with E-state index in [-0.39, 0.29) is 0 Å². The minimum atomic E-state index is -0.863. The maximum absolute atomic E-state index is 9.60. The maximum Gasteiger partial charge on any atom is 0.268 e. The lowest BCUT2D eigenvalue weighted by atomic mass is 10.2. The lowest BCUT2D eigenvalue weighted by Gasteiger charge is -2.03. The minimum Gasteiger partial charge on any atom is -0.470 e. The Morgan fingerprint density at radius 2 is 2.17 bits per heavy atom. The summed E-state index contributed by atoms with van der Waals surface area (Å²) in [5.41, 5.74) is 1.04. The third-order valence-electron chi connectivity index (χ3n) is 2.34. The summed E-state index contributed by atoms with van der Waals surface area (Å²) in [7, 11) is 0. The van der Waals surface area contributed by atoms with Crippen molar-refractivity contribution in [2.45, 2.75) is 12.7 Å². The monoisotopic (exact) mass is 357 g/mol. The van der Waals surface area contributed by atoms with Crippen LogP contribution < -0.4 is 4.74 Å². The molecule has 0 bridgehead atoms. The third-order valence-corrected chi connectivity index (χ3v) is 3.33. The highest BCUT2D eigenvalue weighted by Crippen LogP contribution is 2.29. The van der Waals surface area contributed by atoms with Crippen molar-refractivity contribution in [3.8, 4) is 5.88 Å². The van der Waals surface area contributed by atoms with Gasteiger partial charge < -0.3 is 14.4 Å². The molecule has 4 nitrogen and oxygen atoms in total. The number of aliphatic hydroxyl groups excluding tert-OH is 1. The first-order valence-electron chi connectivity index (χ1n) is 5.34. The molecule has 1 atom stereocenters. The molecule has 0 aliphatic carbocycles. The van der Waals surface area contributed by atoms with Crippen LogP contribution in [0.3, 0.4) is 0 Å². The Morgan fingerprint density at radius 3 is 2.83 bits per heavy atom. The highest BCUT2D eigenvalue weighted by Gasteiger charge is 2.19. The fourth-order valence-electron chi connectivity index (χ4n) is 1.38. The second-order valence-electron chi connectivity index (χ2n) is 3.62. The maximum atomic E-state index is 9.60. The van der Waals surface area contributed by atoms with Crippen LogP contribution in [0, 0.1) is 3.57 Å². The first kappa shape index (κ1) is 13.1. The summed E-state index contributed by atoms with van der Waals surface area (Å²) < 4.78 is 11.2. The average Bonchev–Trinajstić information content (AvgIpc) is 2.78. The van der Waals surface area contributed by atoms with Crippen LogP contribution in [0.15, 0.2) is 47.5 Å². The number of rotatable bonds is 5. The largest absolute Gasteiger partial charge is 0.470 e. The highest BCUT2D eigenvalue weighted by atomic mass is 127. The molecular weight excluding hydrogens is 345 g/mol. The van der Waals surface area contributed by atoms with Gasteiger partial charge in [-0.1, -0.05) is 36.4 Å². The van der Waals surface area contributed by atoms with Gasteiger partial charge in [0.05, 0.1) is 0 Å². The van der Waals surface area contributed by atoms with Gasteiger partial charge in [0.2, 0.25) is 0 Å². The lowest BCUT2D eigenvalue weighted by molar-refractivity contribution is 0.180. The molecule has 94 valence electrons. The van der Waals surface area contributed by atoms with Gasteiger partial charge >= 0.3 is 0 Å². The standard InChI is InChI=1S/C13H12INO3/c1-2-10(16)12-11(14)13(15-18-12)17-8-9-6-4-3-5-7-9/h2-7,10,16H,1,8H2/t10-/m1/s1. The Hall–Kier alpha value is -1.34. The van der Waals surface area contributed by atoms with E-state index in [9.17, 15) is 5.11 Å². The molecule has 1 N–H and O–H groups in total. The van der Waals surface area contributed by atoms with Gasteiger partial charge in [-0.2, -0.15) is 0 Å². The van der Waals surface area contributed by atoms with Gasteiger partial charge in [-0.3, -0.25) is 0 Å². The third kappa shape index (κ3) is 2.91. The van der Waals surface area contributed by atoms with Crippen LogP contribution in [-0.4, -0.2) is 10.3 Å². The van der Waals surface area contributed by atoms with Crippen molar-refractivity contribution in [3.05, 3.63) is 57.9 Å². The highest BCUT2D eigenvalue weighted by molar-refractivity contribution is 14.1. The van der Waals surface area contributed by atoms with Crippen molar-refractivity contribution in [2.24, 2.45) is 0 Å². The Balaban J connectivity index is 2.07. The Morgan fingerprint density at radius 1 is 1.44 bits per heavy atom. The van der Waals surface area contributed by atoms with Crippen molar-refractivity contribution in [2.75, 3.05) is 0 Å². The normalized spacial score (nSPS) is 12.1. The van der Waals surface area contributed by atoms with Crippen LogP contribution >= 0.6 is 22.6 Å². The van der Waals surface area contributed by atoms with Crippen LogP contribution in [-0.2, 0) is 6.61 Å². The summed E-state index contributed by atoms with van der Waals surface area (Å²) >= 11 is 2.03. The molecule has 0 saturated heterocycles. The zero-order valence-electron chi connectivity index (χ0n) is 9.54. The van der Waals surface area contributed by atoms with E-state index >= 15 is 0 Å². The number of aromatic nitrogens is 1. The van der Waals surface area contributed by atoms with E-state index in [0.29, 0.717) is 21.8 Å². The summed E-state index contributed by atoms with van der Waals surface area (Å²) in [6.45, 7) is 3.91. The molecule has 1 heterocycles. The number of benzene rings is 1. The predicted octanol–water partition coefficient (Wildman–Crippen LogP) is 3.08. The van der Waals surface area contributed by atoms with E-state index < -0.39 is 6.10 Å². The molecule has 1 aromatic carbocycles. The molecule has 0 unspecified atom stereocenters. The fraction of sp³-hybridized carbons (Fsp3) is 0.154. The molecule has 0 radical (unpaired) electrons. The smallest absolute Gasteiger partial charge is 0.268 e. The molecule has 0 saturated carbocycles. The molecule has 0 aliphatic rings. The second kappa shape index (κ2) is 6.01.